The molecule has 1 N–H and O–H groups in total. The van der Waals surface area contributed by atoms with Gasteiger partial charge in [-0.25, -0.2) is 4.79 Å². The van der Waals surface area contributed by atoms with E-state index in [4.69, 9.17) is 4.74 Å². The molecule has 4 rings (SSSR count). The maximum Gasteiger partial charge on any atom is 0.331 e. The first kappa shape index (κ1) is 21.7. The van der Waals surface area contributed by atoms with Gasteiger partial charge in [-0.05, 0) is 35.9 Å². The number of barbiturate groups is 1. The van der Waals surface area contributed by atoms with Gasteiger partial charge in [-0.3, -0.25) is 34.3 Å². The summed E-state index contributed by atoms with van der Waals surface area (Å²) in [6.07, 6.45) is 2.71. The lowest BCUT2D eigenvalue weighted by atomic mass is 10.0. The number of hydrogen-bond acceptors (Lipinski definition) is 6. The number of ether oxygens (including phenoxy) is 1. The van der Waals surface area contributed by atoms with Crippen LogP contribution in [0.3, 0.4) is 0 Å². The molecule has 2 aliphatic rings. The third kappa shape index (κ3) is 3.80. The van der Waals surface area contributed by atoms with Crippen LogP contribution >= 0.6 is 0 Å². The molecule has 166 valence electrons. The monoisotopic (exact) mass is 445 g/mol. The van der Waals surface area contributed by atoms with Crippen LogP contribution in [0.15, 0.2) is 60.7 Å². The first-order chi connectivity index (χ1) is 15.8. The minimum Gasteiger partial charge on any atom is -0.496 e. The lowest BCUT2D eigenvalue weighted by Gasteiger charge is -2.25. The Morgan fingerprint density at radius 2 is 1.61 bits per heavy atom. The Hall–Kier alpha value is -4.53. The topological polar surface area (TPSA) is 113 Å². The van der Waals surface area contributed by atoms with Crippen molar-refractivity contribution >= 4 is 35.7 Å². The quantitative estimate of drug-likeness (QED) is 0.316. The van der Waals surface area contributed by atoms with E-state index in [1.807, 2.05) is 0 Å². The summed E-state index contributed by atoms with van der Waals surface area (Å²) in [6, 6.07) is 10.6. The third-order valence-electron chi connectivity index (χ3n) is 5.32. The van der Waals surface area contributed by atoms with Crippen molar-refractivity contribution in [2.75, 3.05) is 13.7 Å². The van der Waals surface area contributed by atoms with Crippen molar-refractivity contribution in [1.82, 2.24) is 15.1 Å². The Labute approximate surface area is 188 Å². The van der Waals surface area contributed by atoms with Crippen LogP contribution < -0.4 is 10.1 Å². The van der Waals surface area contributed by atoms with E-state index in [1.54, 1.807) is 42.5 Å². The molecular weight excluding hydrogens is 426 g/mol. The number of carbonyl (C=O) groups excluding carboxylic acids is 5. The van der Waals surface area contributed by atoms with Gasteiger partial charge in [0.1, 0.15) is 11.3 Å². The number of urea groups is 1. The van der Waals surface area contributed by atoms with E-state index < -0.39 is 29.7 Å². The molecule has 9 heteroatoms. The SMILES string of the molecule is C=CCN1C(=O)NC(=O)/C(=C/c2ccc(OC)c(CN3C(=O)c4ccccc4C3=O)c2)C1=O. The number of carbonyl (C=O) groups is 5. The molecule has 0 saturated carbocycles. The molecule has 2 heterocycles. The van der Waals surface area contributed by atoms with Gasteiger partial charge in [0.15, 0.2) is 0 Å². The van der Waals surface area contributed by atoms with Crippen LogP contribution in [0.1, 0.15) is 31.8 Å². The van der Waals surface area contributed by atoms with Crippen LogP contribution in [0.25, 0.3) is 6.08 Å². The predicted molar refractivity (Wildman–Crippen MR) is 117 cm³/mol. The summed E-state index contributed by atoms with van der Waals surface area (Å²) in [5, 5.41) is 2.12. The molecule has 0 bridgehead atoms. The number of nitrogens with one attached hydrogen (secondary N) is 1. The molecular formula is C24H19N3O6. The zero-order chi connectivity index (χ0) is 23.7. The van der Waals surface area contributed by atoms with Crippen molar-refractivity contribution in [2.24, 2.45) is 0 Å². The summed E-state index contributed by atoms with van der Waals surface area (Å²) in [6.45, 7) is 3.39. The smallest absolute Gasteiger partial charge is 0.331 e. The van der Waals surface area contributed by atoms with E-state index in [2.05, 4.69) is 11.9 Å². The maximum absolute atomic E-state index is 12.7. The molecule has 0 radical (unpaired) electrons. The van der Waals surface area contributed by atoms with Gasteiger partial charge in [0, 0.05) is 12.1 Å². The van der Waals surface area contributed by atoms with Crippen LogP contribution in [0.4, 0.5) is 4.79 Å². The Balaban J connectivity index is 1.67. The summed E-state index contributed by atoms with van der Waals surface area (Å²) in [5.74, 6) is -1.97. The van der Waals surface area contributed by atoms with Crippen molar-refractivity contribution in [3.8, 4) is 5.75 Å². The molecule has 9 nitrogen and oxygen atoms in total. The van der Waals surface area contributed by atoms with E-state index in [0.717, 1.165) is 9.80 Å². The second kappa shape index (κ2) is 8.54. The normalized spacial score (nSPS) is 16.9. The minimum atomic E-state index is -0.817. The number of imide groups is 3. The second-order valence-electron chi connectivity index (χ2n) is 7.34. The summed E-state index contributed by atoms with van der Waals surface area (Å²) in [4.78, 5) is 64.3. The van der Waals surface area contributed by atoms with Gasteiger partial charge >= 0.3 is 6.03 Å². The second-order valence-corrected chi connectivity index (χ2v) is 7.34. The van der Waals surface area contributed by atoms with E-state index in [9.17, 15) is 24.0 Å². The van der Waals surface area contributed by atoms with Gasteiger partial charge in [-0.1, -0.05) is 24.3 Å². The molecule has 0 aromatic heterocycles. The van der Waals surface area contributed by atoms with Gasteiger partial charge in [0.25, 0.3) is 23.6 Å². The van der Waals surface area contributed by atoms with Crippen molar-refractivity contribution in [2.45, 2.75) is 6.54 Å². The number of fused-ring (bicyclic) bond motifs is 1. The minimum absolute atomic E-state index is 0.0527. The number of rotatable bonds is 6. The van der Waals surface area contributed by atoms with Crippen molar-refractivity contribution in [1.29, 1.82) is 0 Å². The molecule has 0 aliphatic carbocycles. The van der Waals surface area contributed by atoms with Gasteiger partial charge < -0.3 is 4.74 Å². The fourth-order valence-corrected chi connectivity index (χ4v) is 3.72. The molecule has 6 amide bonds. The molecule has 0 atom stereocenters. The zero-order valence-electron chi connectivity index (χ0n) is 17.7. The summed E-state index contributed by atoms with van der Waals surface area (Å²) in [7, 11) is 1.45. The largest absolute Gasteiger partial charge is 0.496 e. The fraction of sp³-hybridized carbons (Fsp3) is 0.125. The standard InChI is InChI=1S/C24H19N3O6/c1-3-10-26-23(31)18(20(28)25-24(26)32)12-14-8-9-19(33-2)15(11-14)13-27-21(29)16-6-4-5-7-17(16)22(27)30/h3-9,11-12H,1,10,13H2,2H3,(H,25,28,32)/b18-12-. The Morgan fingerprint density at radius 3 is 2.21 bits per heavy atom. The van der Waals surface area contributed by atoms with Crippen LogP contribution in [-0.2, 0) is 16.1 Å². The lowest BCUT2D eigenvalue weighted by molar-refractivity contribution is -0.129. The van der Waals surface area contributed by atoms with E-state index >= 15 is 0 Å². The Kier molecular flexibility index (Phi) is 5.61. The van der Waals surface area contributed by atoms with E-state index in [1.165, 1.54) is 19.3 Å². The molecule has 0 unspecified atom stereocenters. The molecule has 2 aliphatic heterocycles. The van der Waals surface area contributed by atoms with Crippen molar-refractivity contribution in [3.63, 3.8) is 0 Å². The highest BCUT2D eigenvalue weighted by atomic mass is 16.5. The van der Waals surface area contributed by atoms with Crippen LogP contribution in [0, 0.1) is 0 Å². The van der Waals surface area contributed by atoms with Gasteiger partial charge in [-0.2, -0.15) is 0 Å². The molecule has 2 aromatic rings. The van der Waals surface area contributed by atoms with Crippen molar-refractivity contribution < 1.29 is 28.7 Å². The zero-order valence-corrected chi connectivity index (χ0v) is 17.7. The van der Waals surface area contributed by atoms with Gasteiger partial charge in [-0.15, -0.1) is 6.58 Å². The molecule has 2 aromatic carbocycles. The molecule has 0 spiro atoms. The number of nitrogens with zero attached hydrogens (tertiary/aromatic N) is 2. The fourth-order valence-electron chi connectivity index (χ4n) is 3.72. The van der Waals surface area contributed by atoms with Gasteiger partial charge in [0.05, 0.1) is 24.8 Å². The number of hydrogen-bond donors (Lipinski definition) is 1. The third-order valence-corrected chi connectivity index (χ3v) is 5.32. The first-order valence-electron chi connectivity index (χ1n) is 9.97. The average molecular weight is 445 g/mol. The van der Waals surface area contributed by atoms with Crippen LogP contribution in [0.5, 0.6) is 5.75 Å². The summed E-state index contributed by atoms with van der Waals surface area (Å²) in [5.41, 5.74) is 1.39. The highest BCUT2D eigenvalue weighted by molar-refractivity contribution is 6.31. The first-order valence-corrected chi connectivity index (χ1v) is 9.97. The van der Waals surface area contributed by atoms with Crippen LogP contribution in [-0.4, -0.2) is 53.1 Å². The number of amides is 6. The lowest BCUT2D eigenvalue weighted by Crippen LogP contribution is -2.54. The predicted octanol–water partition coefficient (Wildman–Crippen LogP) is 2.14. The van der Waals surface area contributed by atoms with E-state index in [0.29, 0.717) is 28.0 Å². The van der Waals surface area contributed by atoms with Crippen molar-refractivity contribution in [3.05, 3.63) is 82.9 Å². The Morgan fingerprint density at radius 1 is 0.939 bits per heavy atom. The Bertz CT molecular complexity index is 1230. The number of methoxy groups -OCH3 is 1. The molecule has 33 heavy (non-hydrogen) atoms. The van der Waals surface area contributed by atoms with Crippen LogP contribution in [0.2, 0.25) is 0 Å². The van der Waals surface area contributed by atoms with E-state index in [-0.39, 0.29) is 18.7 Å². The highest BCUT2D eigenvalue weighted by Crippen LogP contribution is 2.29. The summed E-state index contributed by atoms with van der Waals surface area (Å²) >= 11 is 0. The molecule has 1 fully saturated rings. The number of benzene rings is 2. The van der Waals surface area contributed by atoms with Gasteiger partial charge in [0.2, 0.25) is 0 Å². The molecule has 1 saturated heterocycles. The average Bonchev–Trinajstić information content (AvgIpc) is 3.04. The highest BCUT2D eigenvalue weighted by Gasteiger charge is 2.36. The maximum atomic E-state index is 12.7. The summed E-state index contributed by atoms with van der Waals surface area (Å²) < 4.78 is 5.37.